The number of imidazole rings is 1. The Morgan fingerprint density at radius 1 is 1.50 bits per heavy atom. The molecule has 0 bridgehead atoms. The van der Waals surface area contributed by atoms with Crippen molar-refractivity contribution in [3.8, 4) is 11.8 Å². The second-order valence-electron chi connectivity index (χ2n) is 3.53. The van der Waals surface area contributed by atoms with Crippen LogP contribution in [0, 0.1) is 5.82 Å². The number of aromatic carboxylic acids is 1. The summed E-state index contributed by atoms with van der Waals surface area (Å²) in [5.41, 5.74) is -0.136. The van der Waals surface area contributed by atoms with Crippen molar-refractivity contribution >= 4 is 5.97 Å². The van der Waals surface area contributed by atoms with Gasteiger partial charge in [-0.1, -0.05) is 12.1 Å². The molecule has 1 heterocycles. The van der Waals surface area contributed by atoms with E-state index < -0.39 is 11.8 Å². The minimum absolute atomic E-state index is 0.00902. The van der Waals surface area contributed by atoms with E-state index in [9.17, 15) is 9.18 Å². The number of hydrogen-bond acceptors (Lipinski definition) is 3. The van der Waals surface area contributed by atoms with Crippen LogP contribution in [0.5, 0.6) is 11.8 Å². The van der Waals surface area contributed by atoms with Gasteiger partial charge in [0, 0.05) is 12.7 Å². The summed E-state index contributed by atoms with van der Waals surface area (Å²) in [6.07, 6.45) is 1.35. The molecule has 0 saturated carbocycles. The molecule has 2 rings (SSSR count). The van der Waals surface area contributed by atoms with Crippen LogP contribution < -0.4 is 4.74 Å². The summed E-state index contributed by atoms with van der Waals surface area (Å²) in [6.45, 7) is 2.28. The summed E-state index contributed by atoms with van der Waals surface area (Å²) >= 11 is 0. The molecule has 94 valence electrons. The average molecular weight is 250 g/mol. The zero-order chi connectivity index (χ0) is 13.1. The van der Waals surface area contributed by atoms with Gasteiger partial charge in [-0.05, 0) is 19.1 Å². The van der Waals surface area contributed by atoms with Gasteiger partial charge in [0.2, 0.25) is 0 Å². The first kappa shape index (κ1) is 12.1. The normalized spacial score (nSPS) is 10.3. The van der Waals surface area contributed by atoms with Gasteiger partial charge in [0.05, 0.1) is 0 Å². The van der Waals surface area contributed by atoms with Crippen molar-refractivity contribution in [3.05, 3.63) is 42.0 Å². The van der Waals surface area contributed by atoms with Crippen molar-refractivity contribution < 1.29 is 19.0 Å². The second kappa shape index (κ2) is 4.87. The lowest BCUT2D eigenvalue weighted by atomic mass is 10.3. The topological polar surface area (TPSA) is 64.4 Å². The number of ether oxygens (including phenoxy) is 1. The molecule has 0 fully saturated rings. The molecule has 2 aromatic rings. The number of halogens is 1. The van der Waals surface area contributed by atoms with Crippen molar-refractivity contribution in [2.45, 2.75) is 13.5 Å². The maximum absolute atomic E-state index is 13.4. The van der Waals surface area contributed by atoms with Gasteiger partial charge in [-0.15, -0.1) is 0 Å². The van der Waals surface area contributed by atoms with E-state index in [1.54, 1.807) is 6.07 Å². The zero-order valence-electron chi connectivity index (χ0n) is 9.63. The largest absolute Gasteiger partial charge is 0.476 e. The lowest BCUT2D eigenvalue weighted by Crippen LogP contribution is -1.98. The van der Waals surface area contributed by atoms with E-state index in [1.807, 2.05) is 6.92 Å². The predicted octanol–water partition coefficient (Wildman–Crippen LogP) is 2.53. The fraction of sp³-hybridized carbons (Fsp3) is 0.167. The molecular weight excluding hydrogens is 239 g/mol. The number of rotatable bonds is 4. The maximum atomic E-state index is 13.4. The molecule has 0 radical (unpaired) electrons. The van der Waals surface area contributed by atoms with Crippen molar-refractivity contribution in [1.82, 2.24) is 9.55 Å². The van der Waals surface area contributed by atoms with E-state index in [-0.39, 0.29) is 17.5 Å². The van der Waals surface area contributed by atoms with Gasteiger partial charge < -0.3 is 14.4 Å². The third-order valence-corrected chi connectivity index (χ3v) is 2.34. The highest BCUT2D eigenvalue weighted by molar-refractivity contribution is 5.85. The molecule has 5 nitrogen and oxygen atoms in total. The van der Waals surface area contributed by atoms with Crippen LogP contribution in [0.1, 0.15) is 17.4 Å². The molecule has 0 amide bonds. The zero-order valence-corrected chi connectivity index (χ0v) is 9.63. The molecular formula is C12H11FN2O3. The summed E-state index contributed by atoms with van der Waals surface area (Å²) < 4.78 is 20.2. The Morgan fingerprint density at radius 2 is 2.22 bits per heavy atom. The first-order valence-electron chi connectivity index (χ1n) is 5.34. The molecule has 0 aliphatic rings. The number of hydrogen-bond donors (Lipinski definition) is 1. The Kier molecular flexibility index (Phi) is 3.27. The van der Waals surface area contributed by atoms with Gasteiger partial charge >= 0.3 is 12.0 Å². The first-order valence-corrected chi connectivity index (χ1v) is 5.34. The lowest BCUT2D eigenvalue weighted by molar-refractivity contribution is 0.0690. The summed E-state index contributed by atoms with van der Waals surface area (Å²) in [5, 5.41) is 8.83. The van der Waals surface area contributed by atoms with Gasteiger partial charge in [0.1, 0.15) is 0 Å². The van der Waals surface area contributed by atoms with Crippen LogP contribution in [0.15, 0.2) is 30.5 Å². The van der Waals surface area contributed by atoms with Crippen LogP contribution in [0.25, 0.3) is 0 Å². The molecule has 6 heteroatoms. The van der Waals surface area contributed by atoms with Crippen LogP contribution in [-0.4, -0.2) is 20.6 Å². The Balaban J connectivity index is 2.34. The van der Waals surface area contributed by atoms with Crippen LogP contribution >= 0.6 is 0 Å². The Morgan fingerprint density at radius 3 is 2.83 bits per heavy atom. The van der Waals surface area contributed by atoms with Crippen LogP contribution in [0.2, 0.25) is 0 Å². The van der Waals surface area contributed by atoms with Gasteiger partial charge in [0.25, 0.3) is 0 Å². The number of para-hydroxylation sites is 1. The lowest BCUT2D eigenvalue weighted by Gasteiger charge is -2.06. The third-order valence-electron chi connectivity index (χ3n) is 2.34. The fourth-order valence-electron chi connectivity index (χ4n) is 1.44. The smallest absolute Gasteiger partial charge is 0.356 e. The highest BCUT2D eigenvalue weighted by Gasteiger charge is 2.15. The average Bonchev–Trinajstić information content (AvgIpc) is 2.75. The minimum atomic E-state index is -1.15. The van der Waals surface area contributed by atoms with Crippen molar-refractivity contribution in [2.24, 2.45) is 0 Å². The Hall–Kier alpha value is -2.37. The highest BCUT2D eigenvalue weighted by Crippen LogP contribution is 2.23. The molecule has 18 heavy (non-hydrogen) atoms. The van der Waals surface area contributed by atoms with E-state index in [2.05, 4.69) is 4.98 Å². The molecule has 0 atom stereocenters. The van der Waals surface area contributed by atoms with Gasteiger partial charge in [0.15, 0.2) is 17.3 Å². The molecule has 1 aromatic carbocycles. The first-order chi connectivity index (χ1) is 8.61. The van der Waals surface area contributed by atoms with E-state index in [0.29, 0.717) is 6.54 Å². The Labute approximate surface area is 102 Å². The molecule has 1 aromatic heterocycles. The summed E-state index contributed by atoms with van der Waals surface area (Å²) in [7, 11) is 0. The number of nitrogens with zero attached hydrogens (tertiary/aromatic N) is 2. The summed E-state index contributed by atoms with van der Waals surface area (Å²) in [6, 6.07) is 5.92. The standard InChI is InChI=1S/C12H11FN2O3/c1-2-15-7-9(11(16)17)14-12(15)18-10-6-4-3-5-8(10)13/h3-7H,2H2,1H3,(H,16,17). The molecule has 0 spiro atoms. The molecule has 0 aliphatic heterocycles. The molecule has 0 aliphatic carbocycles. The maximum Gasteiger partial charge on any atom is 0.356 e. The van der Waals surface area contributed by atoms with E-state index >= 15 is 0 Å². The van der Waals surface area contributed by atoms with Gasteiger partial charge in [-0.25, -0.2) is 9.18 Å². The SMILES string of the molecule is CCn1cc(C(=O)O)nc1Oc1ccccc1F. The number of carbonyl (C=O) groups is 1. The highest BCUT2D eigenvalue weighted by atomic mass is 19.1. The second-order valence-corrected chi connectivity index (χ2v) is 3.53. The number of carboxylic acid groups (broad SMARTS) is 1. The van der Waals surface area contributed by atoms with E-state index in [4.69, 9.17) is 9.84 Å². The van der Waals surface area contributed by atoms with E-state index in [1.165, 1.54) is 29.0 Å². The Bertz CT molecular complexity index is 580. The van der Waals surface area contributed by atoms with E-state index in [0.717, 1.165) is 0 Å². The van der Waals surface area contributed by atoms with Gasteiger partial charge in [-0.2, -0.15) is 4.98 Å². The fourth-order valence-corrected chi connectivity index (χ4v) is 1.44. The molecule has 1 N–H and O–H groups in total. The summed E-state index contributed by atoms with van der Waals surface area (Å²) in [4.78, 5) is 14.6. The number of benzene rings is 1. The van der Waals surface area contributed by atoms with Crippen molar-refractivity contribution in [3.63, 3.8) is 0 Å². The summed E-state index contributed by atoms with van der Waals surface area (Å²) in [5.74, 6) is -1.67. The number of aromatic nitrogens is 2. The van der Waals surface area contributed by atoms with Crippen LogP contribution in [0.4, 0.5) is 4.39 Å². The monoisotopic (exact) mass is 250 g/mol. The van der Waals surface area contributed by atoms with Gasteiger partial charge in [-0.3, -0.25) is 0 Å². The third kappa shape index (κ3) is 2.32. The minimum Gasteiger partial charge on any atom is -0.476 e. The number of aryl methyl sites for hydroxylation is 1. The van der Waals surface area contributed by atoms with Crippen LogP contribution in [-0.2, 0) is 6.54 Å². The predicted molar refractivity (Wildman–Crippen MR) is 61.3 cm³/mol. The quantitative estimate of drug-likeness (QED) is 0.905. The van der Waals surface area contributed by atoms with Crippen molar-refractivity contribution in [1.29, 1.82) is 0 Å². The van der Waals surface area contributed by atoms with Crippen molar-refractivity contribution in [2.75, 3.05) is 0 Å². The molecule has 0 unspecified atom stereocenters. The number of carboxylic acids is 1. The van der Waals surface area contributed by atoms with Crippen LogP contribution in [0.3, 0.4) is 0 Å². The molecule has 0 saturated heterocycles.